The molecule has 3 aromatic rings. The largest absolute Gasteiger partial charge is 0.550 e. The van der Waals surface area contributed by atoms with Crippen LogP contribution in [0.5, 0.6) is 5.88 Å². The number of halogens is 1. The first-order valence-electron chi connectivity index (χ1n) is 7.11. The molecule has 24 heavy (non-hydrogen) atoms. The van der Waals surface area contributed by atoms with Crippen LogP contribution in [0, 0.1) is 0 Å². The van der Waals surface area contributed by atoms with Gasteiger partial charge in [-0.15, -0.1) is 22.7 Å². The van der Waals surface area contributed by atoms with Crippen molar-refractivity contribution in [1.82, 2.24) is 9.97 Å². The maximum absolute atomic E-state index is 11.0. The van der Waals surface area contributed by atoms with E-state index in [2.05, 4.69) is 9.97 Å². The van der Waals surface area contributed by atoms with Crippen LogP contribution >= 0.6 is 34.3 Å². The van der Waals surface area contributed by atoms with E-state index >= 15 is 0 Å². The Hall–Kier alpha value is -1.96. The van der Waals surface area contributed by atoms with Crippen LogP contribution in [0.1, 0.15) is 11.8 Å². The minimum atomic E-state index is -1.14. The molecule has 3 rings (SSSR count). The molecule has 3 aromatic heterocycles. The summed E-state index contributed by atoms with van der Waals surface area (Å²) in [4.78, 5) is 21.3. The zero-order valence-corrected chi connectivity index (χ0v) is 15.0. The van der Waals surface area contributed by atoms with Crippen molar-refractivity contribution in [3.63, 3.8) is 0 Å². The van der Waals surface area contributed by atoms with Crippen molar-refractivity contribution in [1.29, 1.82) is 0 Å². The number of aromatic nitrogens is 2. The number of carbonyl (C=O) groups excluding carboxylic acids is 1. The van der Waals surface area contributed by atoms with Crippen LogP contribution in [-0.2, 0) is 11.2 Å². The lowest BCUT2D eigenvalue weighted by molar-refractivity contribution is -0.304. The highest BCUT2D eigenvalue weighted by atomic mass is 35.5. The Morgan fingerprint density at radius 1 is 1.29 bits per heavy atom. The molecular weight excluding hydrogens is 368 g/mol. The predicted octanol–water partition coefficient (Wildman–Crippen LogP) is 3.28. The summed E-state index contributed by atoms with van der Waals surface area (Å²) < 4.78 is 5.95. The fourth-order valence-corrected chi connectivity index (χ4v) is 4.28. The maximum Gasteiger partial charge on any atom is 0.213 e. The topological polar surface area (TPSA) is 75.1 Å². The summed E-state index contributed by atoms with van der Waals surface area (Å²) in [7, 11) is 0. The Kier molecular flexibility index (Phi) is 5.13. The van der Waals surface area contributed by atoms with E-state index in [1.165, 1.54) is 22.7 Å². The monoisotopic (exact) mass is 379 g/mol. The van der Waals surface area contributed by atoms with Crippen LogP contribution in [0.15, 0.2) is 30.5 Å². The van der Waals surface area contributed by atoms with Gasteiger partial charge in [0.15, 0.2) is 0 Å². The number of carboxylic acid groups (broad SMARTS) is 1. The lowest BCUT2D eigenvalue weighted by Crippen LogP contribution is -2.24. The van der Waals surface area contributed by atoms with Crippen LogP contribution in [0.3, 0.4) is 0 Å². The van der Waals surface area contributed by atoms with Crippen molar-refractivity contribution in [2.45, 2.75) is 13.3 Å². The molecule has 0 radical (unpaired) electrons. The molecule has 0 aliphatic carbocycles. The summed E-state index contributed by atoms with van der Waals surface area (Å²) in [6.07, 6.45) is 1.48. The van der Waals surface area contributed by atoms with Crippen LogP contribution in [0.25, 0.3) is 21.1 Å². The molecule has 0 atom stereocenters. The summed E-state index contributed by atoms with van der Waals surface area (Å²) in [6, 6.07) is 7.22. The minimum Gasteiger partial charge on any atom is -0.550 e. The first-order chi connectivity index (χ1) is 11.6. The second-order valence-corrected chi connectivity index (χ2v) is 7.56. The Morgan fingerprint density at radius 3 is 2.71 bits per heavy atom. The number of aliphatic carboxylic acids is 1. The predicted molar refractivity (Wildman–Crippen MR) is 93.5 cm³/mol. The van der Waals surface area contributed by atoms with Crippen molar-refractivity contribution in [2.75, 3.05) is 6.61 Å². The summed E-state index contributed by atoms with van der Waals surface area (Å²) in [6.45, 7) is 2.43. The number of hydrogen-bond acceptors (Lipinski definition) is 7. The number of nitrogens with zero attached hydrogens (tertiary/aromatic N) is 2. The molecule has 0 bridgehead atoms. The third kappa shape index (κ3) is 3.75. The van der Waals surface area contributed by atoms with Gasteiger partial charge in [0.2, 0.25) is 5.88 Å². The van der Waals surface area contributed by atoms with Crippen molar-refractivity contribution in [3.8, 4) is 27.0 Å². The second kappa shape index (κ2) is 7.29. The van der Waals surface area contributed by atoms with E-state index < -0.39 is 5.97 Å². The minimum absolute atomic E-state index is 0.188. The summed E-state index contributed by atoms with van der Waals surface area (Å²) in [5, 5.41) is 11.7. The molecule has 0 saturated heterocycles. The zero-order valence-electron chi connectivity index (χ0n) is 12.6. The highest BCUT2D eigenvalue weighted by molar-refractivity contribution is 7.20. The van der Waals surface area contributed by atoms with Crippen molar-refractivity contribution in [2.24, 2.45) is 0 Å². The van der Waals surface area contributed by atoms with E-state index in [-0.39, 0.29) is 6.42 Å². The second-order valence-electron chi connectivity index (χ2n) is 4.76. The van der Waals surface area contributed by atoms with Gasteiger partial charge in [0.1, 0.15) is 5.01 Å². The Bertz CT molecular complexity index is 859. The standard InChI is InChI=1S/C16H13ClN2O3S2/c1-2-22-13-6-3-9(8-18-13)16-19-15(10-4-5-12(17)23-10)11(24-16)7-14(20)21/h3-6,8H,2,7H2,1H3,(H,20,21)/p-1. The van der Waals surface area contributed by atoms with Gasteiger partial charge in [-0.25, -0.2) is 9.97 Å². The number of ether oxygens (including phenoxy) is 1. The van der Waals surface area contributed by atoms with E-state index in [0.29, 0.717) is 32.4 Å². The van der Waals surface area contributed by atoms with Gasteiger partial charge < -0.3 is 14.6 Å². The Labute approximate surface area is 151 Å². The van der Waals surface area contributed by atoms with Crippen LogP contribution < -0.4 is 9.84 Å². The lowest BCUT2D eigenvalue weighted by atomic mass is 10.2. The smallest absolute Gasteiger partial charge is 0.213 e. The number of hydrogen-bond donors (Lipinski definition) is 0. The van der Waals surface area contributed by atoms with E-state index in [4.69, 9.17) is 16.3 Å². The summed E-state index contributed by atoms with van der Waals surface area (Å²) >= 11 is 8.66. The molecule has 5 nitrogen and oxygen atoms in total. The Balaban J connectivity index is 1.99. The maximum atomic E-state index is 11.0. The summed E-state index contributed by atoms with van der Waals surface area (Å²) in [5.74, 6) is -0.600. The van der Waals surface area contributed by atoms with Gasteiger partial charge >= 0.3 is 0 Å². The molecule has 3 heterocycles. The molecule has 0 fully saturated rings. The molecule has 0 N–H and O–H groups in total. The van der Waals surface area contributed by atoms with Gasteiger partial charge in [-0.3, -0.25) is 0 Å². The lowest BCUT2D eigenvalue weighted by Gasteiger charge is -2.01. The molecule has 0 aliphatic rings. The quantitative estimate of drug-likeness (QED) is 0.657. The first-order valence-corrected chi connectivity index (χ1v) is 9.12. The first kappa shape index (κ1) is 16.9. The van der Waals surface area contributed by atoms with Gasteiger partial charge in [-0.05, 0) is 25.1 Å². The van der Waals surface area contributed by atoms with Crippen LogP contribution in [0.2, 0.25) is 4.34 Å². The van der Waals surface area contributed by atoms with E-state index in [9.17, 15) is 9.90 Å². The van der Waals surface area contributed by atoms with Gasteiger partial charge in [-0.1, -0.05) is 11.6 Å². The molecule has 0 aromatic carbocycles. The average molecular weight is 380 g/mol. The van der Waals surface area contributed by atoms with Crippen molar-refractivity contribution >= 4 is 40.2 Å². The van der Waals surface area contributed by atoms with Gasteiger partial charge in [-0.2, -0.15) is 0 Å². The molecule has 124 valence electrons. The van der Waals surface area contributed by atoms with Gasteiger partial charge in [0.25, 0.3) is 0 Å². The molecule has 0 unspecified atom stereocenters. The van der Waals surface area contributed by atoms with Gasteiger partial charge in [0.05, 0.1) is 21.5 Å². The number of thiazole rings is 1. The summed E-state index contributed by atoms with van der Waals surface area (Å²) in [5.41, 5.74) is 1.43. The molecule has 0 amide bonds. The van der Waals surface area contributed by atoms with Crippen LogP contribution in [0.4, 0.5) is 0 Å². The number of pyridine rings is 1. The fraction of sp³-hybridized carbons (Fsp3) is 0.188. The number of carbonyl (C=O) groups is 1. The molecule has 0 spiro atoms. The van der Waals surface area contributed by atoms with Gasteiger partial charge in [0, 0.05) is 35.1 Å². The molecule has 0 aliphatic heterocycles. The average Bonchev–Trinajstić information content (AvgIpc) is 3.14. The molecule has 8 heteroatoms. The molecule has 0 saturated carbocycles. The molecular formula is C16H12ClN2O3S2-. The number of carboxylic acids is 1. The van der Waals surface area contributed by atoms with E-state index in [0.717, 1.165) is 10.4 Å². The van der Waals surface area contributed by atoms with E-state index in [1.54, 1.807) is 18.3 Å². The third-order valence-electron chi connectivity index (χ3n) is 3.08. The van der Waals surface area contributed by atoms with E-state index in [1.807, 2.05) is 19.1 Å². The normalized spacial score (nSPS) is 10.8. The van der Waals surface area contributed by atoms with Crippen molar-refractivity contribution < 1.29 is 14.6 Å². The zero-order chi connectivity index (χ0) is 17.1. The van der Waals surface area contributed by atoms with Crippen molar-refractivity contribution in [3.05, 3.63) is 39.7 Å². The number of thiophene rings is 1. The highest BCUT2D eigenvalue weighted by Crippen LogP contribution is 2.38. The Morgan fingerprint density at radius 2 is 2.12 bits per heavy atom. The fourth-order valence-electron chi connectivity index (χ4n) is 2.10. The third-order valence-corrected chi connectivity index (χ3v) is 5.43. The number of rotatable bonds is 6. The highest BCUT2D eigenvalue weighted by Gasteiger charge is 2.16. The van der Waals surface area contributed by atoms with Crippen LogP contribution in [-0.4, -0.2) is 22.5 Å². The SMILES string of the molecule is CCOc1ccc(-c2nc(-c3ccc(Cl)s3)c(CC(=O)[O-])s2)cn1.